The van der Waals surface area contributed by atoms with Gasteiger partial charge in [0.2, 0.25) is 0 Å². The molecular formula is C14H30ClNO2. The van der Waals surface area contributed by atoms with Gasteiger partial charge in [0.1, 0.15) is 6.04 Å². The molecule has 0 radical (unpaired) electrons. The van der Waals surface area contributed by atoms with E-state index in [4.69, 9.17) is 10.5 Å². The van der Waals surface area contributed by atoms with E-state index in [0.29, 0.717) is 17.9 Å². The quantitative estimate of drug-likeness (QED) is 0.725. The van der Waals surface area contributed by atoms with Gasteiger partial charge in [-0.2, -0.15) is 0 Å². The van der Waals surface area contributed by atoms with E-state index in [1.165, 1.54) is 0 Å². The molecule has 0 fully saturated rings. The third-order valence-corrected chi connectivity index (χ3v) is 2.68. The van der Waals surface area contributed by atoms with Gasteiger partial charge in [-0.3, -0.25) is 4.79 Å². The highest BCUT2D eigenvalue weighted by Gasteiger charge is 2.17. The number of rotatable bonds is 7. The van der Waals surface area contributed by atoms with Crippen molar-refractivity contribution >= 4 is 18.4 Å². The first kappa shape index (κ1) is 20.0. The molecule has 0 aromatic carbocycles. The van der Waals surface area contributed by atoms with Crippen LogP contribution in [0.4, 0.5) is 0 Å². The molecular weight excluding hydrogens is 250 g/mol. The summed E-state index contributed by atoms with van der Waals surface area (Å²) in [7, 11) is 0. The molecule has 0 bridgehead atoms. The van der Waals surface area contributed by atoms with Crippen molar-refractivity contribution in [3.8, 4) is 0 Å². The number of carbonyl (C=O) groups is 1. The molecule has 0 amide bonds. The first-order valence-electron chi connectivity index (χ1n) is 6.64. The molecule has 0 aliphatic heterocycles. The fourth-order valence-corrected chi connectivity index (χ4v) is 1.47. The van der Waals surface area contributed by atoms with Crippen LogP contribution in [0.2, 0.25) is 0 Å². The summed E-state index contributed by atoms with van der Waals surface area (Å²) in [6.45, 7) is 11.3. The van der Waals surface area contributed by atoms with Gasteiger partial charge in [0.25, 0.3) is 0 Å². The molecule has 0 aliphatic rings. The molecule has 0 aliphatic carbocycles. The highest BCUT2D eigenvalue weighted by Crippen LogP contribution is 2.21. The van der Waals surface area contributed by atoms with Crippen molar-refractivity contribution in [2.75, 3.05) is 6.61 Å². The third-order valence-electron chi connectivity index (χ3n) is 2.68. The summed E-state index contributed by atoms with van der Waals surface area (Å²) in [5, 5.41) is 0. The van der Waals surface area contributed by atoms with Gasteiger partial charge in [-0.15, -0.1) is 12.4 Å². The van der Waals surface area contributed by atoms with E-state index in [2.05, 4.69) is 34.6 Å². The van der Waals surface area contributed by atoms with E-state index in [-0.39, 0.29) is 18.4 Å². The van der Waals surface area contributed by atoms with Crippen molar-refractivity contribution in [2.45, 2.75) is 66.3 Å². The second kappa shape index (κ2) is 9.62. The summed E-state index contributed by atoms with van der Waals surface area (Å²) in [4.78, 5) is 11.5. The Labute approximate surface area is 118 Å². The van der Waals surface area contributed by atoms with E-state index in [0.717, 1.165) is 25.7 Å². The van der Waals surface area contributed by atoms with Crippen LogP contribution in [0.25, 0.3) is 0 Å². The minimum Gasteiger partial charge on any atom is -0.465 e. The monoisotopic (exact) mass is 279 g/mol. The lowest BCUT2D eigenvalue weighted by Crippen LogP contribution is -2.32. The maximum absolute atomic E-state index is 11.5. The van der Waals surface area contributed by atoms with Crippen molar-refractivity contribution < 1.29 is 9.53 Å². The van der Waals surface area contributed by atoms with E-state index < -0.39 is 6.04 Å². The fraction of sp³-hybridized carbons (Fsp3) is 0.929. The summed E-state index contributed by atoms with van der Waals surface area (Å²) in [6, 6.07) is -0.454. The zero-order valence-corrected chi connectivity index (χ0v) is 13.3. The lowest BCUT2D eigenvalue weighted by atomic mass is 9.89. The van der Waals surface area contributed by atoms with Crippen LogP contribution in [0.3, 0.4) is 0 Å². The Hall–Kier alpha value is -0.280. The van der Waals surface area contributed by atoms with Crippen molar-refractivity contribution in [3.05, 3.63) is 0 Å². The van der Waals surface area contributed by atoms with Gasteiger partial charge in [0.15, 0.2) is 0 Å². The maximum Gasteiger partial charge on any atom is 0.322 e. The standard InChI is InChI=1S/C14H29NO2.ClH/c1-11(2)8-10-17-13(16)12(15)7-6-9-14(3,4)5;/h11-12H,6-10,15H2,1-5H3;1H. The molecule has 0 spiro atoms. The van der Waals surface area contributed by atoms with E-state index in [9.17, 15) is 4.79 Å². The molecule has 2 N–H and O–H groups in total. The number of nitrogens with two attached hydrogens (primary N) is 1. The Kier molecular flexibility index (Phi) is 10.7. The van der Waals surface area contributed by atoms with Gasteiger partial charge in [0, 0.05) is 0 Å². The number of hydrogen-bond acceptors (Lipinski definition) is 3. The van der Waals surface area contributed by atoms with Crippen LogP contribution < -0.4 is 5.73 Å². The molecule has 0 aromatic heterocycles. The lowest BCUT2D eigenvalue weighted by molar-refractivity contribution is -0.145. The molecule has 4 heteroatoms. The number of ether oxygens (including phenoxy) is 1. The van der Waals surface area contributed by atoms with Gasteiger partial charge >= 0.3 is 5.97 Å². The zero-order valence-electron chi connectivity index (χ0n) is 12.5. The van der Waals surface area contributed by atoms with Gasteiger partial charge in [-0.05, 0) is 30.6 Å². The molecule has 0 saturated heterocycles. The maximum atomic E-state index is 11.5. The first-order chi connectivity index (χ1) is 7.72. The van der Waals surface area contributed by atoms with Crippen LogP contribution in [0, 0.1) is 11.3 Å². The fourth-order valence-electron chi connectivity index (χ4n) is 1.47. The van der Waals surface area contributed by atoms with Gasteiger partial charge in [0.05, 0.1) is 6.61 Å². The number of hydrogen-bond donors (Lipinski definition) is 1. The smallest absolute Gasteiger partial charge is 0.322 e. The third kappa shape index (κ3) is 12.2. The molecule has 3 nitrogen and oxygen atoms in total. The summed E-state index contributed by atoms with van der Waals surface area (Å²) < 4.78 is 5.13. The summed E-state index contributed by atoms with van der Waals surface area (Å²) in [5.41, 5.74) is 6.10. The number of esters is 1. The van der Waals surface area contributed by atoms with E-state index >= 15 is 0 Å². The molecule has 0 aromatic rings. The van der Waals surface area contributed by atoms with Crippen LogP contribution in [0.1, 0.15) is 60.3 Å². The van der Waals surface area contributed by atoms with Gasteiger partial charge < -0.3 is 10.5 Å². The highest BCUT2D eigenvalue weighted by molar-refractivity contribution is 5.85. The van der Waals surface area contributed by atoms with Crippen LogP contribution in [-0.4, -0.2) is 18.6 Å². The van der Waals surface area contributed by atoms with Crippen molar-refractivity contribution in [1.82, 2.24) is 0 Å². The van der Waals surface area contributed by atoms with Crippen molar-refractivity contribution in [3.63, 3.8) is 0 Å². The van der Waals surface area contributed by atoms with Gasteiger partial charge in [-0.1, -0.05) is 41.0 Å². The summed E-state index contributed by atoms with van der Waals surface area (Å²) >= 11 is 0. The van der Waals surface area contributed by atoms with E-state index in [1.807, 2.05) is 0 Å². The molecule has 110 valence electrons. The zero-order chi connectivity index (χ0) is 13.5. The predicted molar refractivity (Wildman–Crippen MR) is 78.9 cm³/mol. The van der Waals surface area contributed by atoms with Crippen molar-refractivity contribution in [2.24, 2.45) is 17.1 Å². The minimum absolute atomic E-state index is 0. The molecule has 1 atom stereocenters. The van der Waals surface area contributed by atoms with Crippen LogP contribution in [0.5, 0.6) is 0 Å². The number of carbonyl (C=O) groups excluding carboxylic acids is 1. The largest absolute Gasteiger partial charge is 0.465 e. The second-order valence-electron chi connectivity index (χ2n) is 6.41. The SMILES string of the molecule is CC(C)CCOC(=O)C(N)CCCC(C)(C)C.Cl. The first-order valence-corrected chi connectivity index (χ1v) is 6.64. The highest BCUT2D eigenvalue weighted by atomic mass is 35.5. The predicted octanol–water partition coefficient (Wildman–Crippen LogP) is 3.54. The lowest BCUT2D eigenvalue weighted by Gasteiger charge is -2.19. The normalized spacial score (nSPS) is 13.1. The van der Waals surface area contributed by atoms with Crippen molar-refractivity contribution in [1.29, 1.82) is 0 Å². The topological polar surface area (TPSA) is 52.3 Å². The number of halogens is 1. The Morgan fingerprint density at radius 1 is 1.22 bits per heavy atom. The summed E-state index contributed by atoms with van der Waals surface area (Å²) in [6.07, 6.45) is 3.68. The van der Waals surface area contributed by atoms with Crippen LogP contribution >= 0.6 is 12.4 Å². The molecule has 0 heterocycles. The Bertz CT molecular complexity index is 224. The molecule has 0 saturated carbocycles. The van der Waals surface area contributed by atoms with Crippen LogP contribution in [-0.2, 0) is 9.53 Å². The van der Waals surface area contributed by atoms with Crippen LogP contribution in [0.15, 0.2) is 0 Å². The minimum atomic E-state index is -0.454. The Morgan fingerprint density at radius 3 is 2.22 bits per heavy atom. The Balaban J connectivity index is 0. The molecule has 1 unspecified atom stereocenters. The molecule has 0 rings (SSSR count). The Morgan fingerprint density at radius 2 is 1.78 bits per heavy atom. The molecule has 18 heavy (non-hydrogen) atoms. The second-order valence-corrected chi connectivity index (χ2v) is 6.41. The average molecular weight is 280 g/mol. The van der Waals surface area contributed by atoms with E-state index in [1.54, 1.807) is 0 Å². The van der Waals surface area contributed by atoms with Gasteiger partial charge in [-0.25, -0.2) is 0 Å². The average Bonchev–Trinajstić information content (AvgIpc) is 2.14. The summed E-state index contributed by atoms with van der Waals surface area (Å²) in [5.74, 6) is 0.305.